The number of rotatable bonds is 5. The van der Waals surface area contributed by atoms with Crippen LogP contribution in [0.3, 0.4) is 0 Å². The lowest BCUT2D eigenvalue weighted by molar-refractivity contribution is -0.0272. The van der Waals surface area contributed by atoms with Crippen molar-refractivity contribution < 1.29 is 4.74 Å². The van der Waals surface area contributed by atoms with E-state index in [1.807, 2.05) is 0 Å². The summed E-state index contributed by atoms with van der Waals surface area (Å²) in [6.07, 6.45) is 6.39. The molecule has 1 aliphatic heterocycles. The zero-order valence-electron chi connectivity index (χ0n) is 12.6. The molecule has 2 saturated carbocycles. The molecule has 110 valence electrons. The lowest BCUT2D eigenvalue weighted by Gasteiger charge is -2.34. The first-order valence-corrected chi connectivity index (χ1v) is 8.33. The third-order valence-corrected chi connectivity index (χ3v) is 5.77. The van der Waals surface area contributed by atoms with E-state index >= 15 is 0 Å². The van der Waals surface area contributed by atoms with Crippen molar-refractivity contribution in [3.63, 3.8) is 0 Å². The maximum absolute atomic E-state index is 5.88. The Labute approximate surface area is 118 Å². The van der Waals surface area contributed by atoms with Crippen molar-refractivity contribution in [3.05, 3.63) is 0 Å². The van der Waals surface area contributed by atoms with Crippen LogP contribution < -0.4 is 5.32 Å². The largest absolute Gasteiger partial charge is 0.374 e. The first kappa shape index (κ1) is 13.8. The van der Waals surface area contributed by atoms with Crippen LogP contribution >= 0.6 is 0 Å². The van der Waals surface area contributed by atoms with Gasteiger partial charge in [-0.2, -0.15) is 0 Å². The van der Waals surface area contributed by atoms with Gasteiger partial charge in [-0.1, -0.05) is 13.3 Å². The van der Waals surface area contributed by atoms with Gasteiger partial charge in [0.1, 0.15) is 0 Å². The summed E-state index contributed by atoms with van der Waals surface area (Å²) in [5.41, 5.74) is 0. The van der Waals surface area contributed by atoms with E-state index in [-0.39, 0.29) is 0 Å². The Morgan fingerprint density at radius 3 is 2.89 bits per heavy atom. The van der Waals surface area contributed by atoms with Gasteiger partial charge in [-0.15, -0.1) is 0 Å². The smallest absolute Gasteiger partial charge is 0.0826 e. The molecule has 19 heavy (non-hydrogen) atoms. The summed E-state index contributed by atoms with van der Waals surface area (Å²) in [6, 6.07) is 0.677. The van der Waals surface area contributed by atoms with Crippen LogP contribution in [0.25, 0.3) is 0 Å². The first-order chi connectivity index (χ1) is 9.26. The second-order valence-electron chi connectivity index (χ2n) is 6.92. The molecule has 2 aliphatic carbocycles. The van der Waals surface area contributed by atoms with Crippen LogP contribution in [0.2, 0.25) is 0 Å². The summed E-state index contributed by atoms with van der Waals surface area (Å²) in [5.74, 6) is 3.01. The maximum atomic E-state index is 5.88. The summed E-state index contributed by atoms with van der Waals surface area (Å²) in [4.78, 5) is 2.50. The van der Waals surface area contributed by atoms with E-state index < -0.39 is 0 Å². The molecule has 1 N–H and O–H groups in total. The number of fused-ring (bicyclic) bond motifs is 2. The Bertz CT molecular complexity index is 296. The van der Waals surface area contributed by atoms with Crippen LogP contribution in [-0.4, -0.2) is 49.8 Å². The molecular formula is C16H30N2O. The Kier molecular flexibility index (Phi) is 4.45. The van der Waals surface area contributed by atoms with E-state index in [1.165, 1.54) is 25.7 Å². The van der Waals surface area contributed by atoms with Gasteiger partial charge in [0.05, 0.1) is 12.7 Å². The van der Waals surface area contributed by atoms with Gasteiger partial charge < -0.3 is 10.1 Å². The quantitative estimate of drug-likeness (QED) is 0.825. The minimum Gasteiger partial charge on any atom is -0.374 e. The van der Waals surface area contributed by atoms with E-state index in [2.05, 4.69) is 24.1 Å². The maximum Gasteiger partial charge on any atom is 0.0826 e. The van der Waals surface area contributed by atoms with Crippen molar-refractivity contribution in [2.75, 3.05) is 32.8 Å². The Hall–Kier alpha value is -0.120. The molecule has 0 spiro atoms. The molecule has 2 bridgehead atoms. The summed E-state index contributed by atoms with van der Waals surface area (Å²) in [5, 5.41) is 3.77. The molecule has 0 amide bonds. The van der Waals surface area contributed by atoms with Crippen LogP contribution in [-0.2, 0) is 4.74 Å². The zero-order valence-corrected chi connectivity index (χ0v) is 12.6. The minimum absolute atomic E-state index is 0.398. The van der Waals surface area contributed by atoms with Gasteiger partial charge >= 0.3 is 0 Å². The van der Waals surface area contributed by atoms with E-state index in [0.717, 1.165) is 50.5 Å². The fraction of sp³-hybridized carbons (Fsp3) is 1.00. The topological polar surface area (TPSA) is 24.5 Å². The molecule has 0 aromatic heterocycles. The number of nitrogens with zero attached hydrogens (tertiary/aromatic N) is 1. The average molecular weight is 266 g/mol. The molecule has 5 atom stereocenters. The van der Waals surface area contributed by atoms with E-state index in [4.69, 9.17) is 4.74 Å². The molecule has 3 fully saturated rings. The van der Waals surface area contributed by atoms with Crippen LogP contribution in [0.5, 0.6) is 0 Å². The molecule has 0 radical (unpaired) electrons. The molecule has 1 heterocycles. The van der Waals surface area contributed by atoms with Crippen molar-refractivity contribution in [1.29, 1.82) is 0 Å². The Morgan fingerprint density at radius 1 is 1.32 bits per heavy atom. The Morgan fingerprint density at radius 2 is 2.21 bits per heavy atom. The second-order valence-corrected chi connectivity index (χ2v) is 6.92. The fourth-order valence-corrected chi connectivity index (χ4v) is 4.57. The van der Waals surface area contributed by atoms with Crippen LogP contribution in [0, 0.1) is 17.8 Å². The highest BCUT2D eigenvalue weighted by Crippen LogP contribution is 2.49. The predicted octanol–water partition coefficient (Wildman–Crippen LogP) is 2.12. The first-order valence-electron chi connectivity index (χ1n) is 8.33. The van der Waals surface area contributed by atoms with E-state index in [1.54, 1.807) is 0 Å². The van der Waals surface area contributed by atoms with Gasteiger partial charge in [-0.05, 0) is 50.5 Å². The average Bonchev–Trinajstić information content (AvgIpc) is 3.07. The van der Waals surface area contributed by atoms with Crippen LogP contribution in [0.4, 0.5) is 0 Å². The third kappa shape index (κ3) is 3.14. The predicted molar refractivity (Wildman–Crippen MR) is 78.3 cm³/mol. The second kappa shape index (κ2) is 6.11. The molecule has 3 aliphatic rings. The lowest BCUT2D eigenvalue weighted by Crippen LogP contribution is -2.49. The molecule has 5 unspecified atom stereocenters. The van der Waals surface area contributed by atoms with Crippen molar-refractivity contribution >= 4 is 0 Å². The molecule has 0 aromatic rings. The minimum atomic E-state index is 0.398. The fourth-order valence-electron chi connectivity index (χ4n) is 4.57. The standard InChI is InChI=1S/C16H30N2O/c1-3-18-6-7-19-15(11-18)10-17-12(2)16-9-13-4-5-14(16)8-13/h12-17H,3-11H2,1-2H3. The number of hydrogen-bond acceptors (Lipinski definition) is 3. The molecule has 3 rings (SSSR count). The van der Waals surface area contributed by atoms with Gasteiger partial charge in [0.2, 0.25) is 0 Å². The summed E-state index contributed by atoms with van der Waals surface area (Å²) < 4.78 is 5.88. The van der Waals surface area contributed by atoms with Gasteiger partial charge in [0, 0.05) is 25.7 Å². The van der Waals surface area contributed by atoms with E-state index in [0.29, 0.717) is 12.1 Å². The number of nitrogens with one attached hydrogen (secondary N) is 1. The SMILES string of the molecule is CCN1CCOC(CNC(C)C2CC3CCC2C3)C1. The van der Waals surface area contributed by atoms with Crippen molar-refractivity contribution in [2.24, 2.45) is 17.8 Å². The number of hydrogen-bond donors (Lipinski definition) is 1. The number of ether oxygens (including phenoxy) is 1. The van der Waals surface area contributed by atoms with Crippen molar-refractivity contribution in [1.82, 2.24) is 10.2 Å². The molecule has 1 saturated heterocycles. The molecule has 3 heteroatoms. The van der Waals surface area contributed by atoms with Gasteiger partial charge in [-0.3, -0.25) is 4.90 Å². The summed E-state index contributed by atoms with van der Waals surface area (Å²) in [6.45, 7) is 9.94. The van der Waals surface area contributed by atoms with Gasteiger partial charge in [0.15, 0.2) is 0 Å². The van der Waals surface area contributed by atoms with Gasteiger partial charge in [0.25, 0.3) is 0 Å². The number of likely N-dealkylation sites (N-methyl/N-ethyl adjacent to an activating group) is 1. The van der Waals surface area contributed by atoms with Crippen molar-refractivity contribution in [3.8, 4) is 0 Å². The van der Waals surface area contributed by atoms with Gasteiger partial charge in [-0.25, -0.2) is 0 Å². The number of morpholine rings is 1. The highest BCUT2D eigenvalue weighted by atomic mass is 16.5. The monoisotopic (exact) mass is 266 g/mol. The summed E-state index contributed by atoms with van der Waals surface area (Å²) in [7, 11) is 0. The molecule has 3 nitrogen and oxygen atoms in total. The summed E-state index contributed by atoms with van der Waals surface area (Å²) >= 11 is 0. The highest BCUT2D eigenvalue weighted by molar-refractivity contribution is 4.94. The zero-order chi connectivity index (χ0) is 13.2. The highest BCUT2D eigenvalue weighted by Gasteiger charge is 2.41. The van der Waals surface area contributed by atoms with Crippen LogP contribution in [0.15, 0.2) is 0 Å². The van der Waals surface area contributed by atoms with E-state index in [9.17, 15) is 0 Å². The lowest BCUT2D eigenvalue weighted by atomic mass is 9.84. The third-order valence-electron chi connectivity index (χ3n) is 5.77. The molecule has 0 aromatic carbocycles. The Balaban J connectivity index is 1.42. The normalized spacial score (nSPS) is 40.7. The van der Waals surface area contributed by atoms with Crippen LogP contribution in [0.1, 0.15) is 39.5 Å². The molecular weight excluding hydrogens is 236 g/mol. The van der Waals surface area contributed by atoms with Crippen molar-refractivity contribution in [2.45, 2.75) is 51.7 Å².